The first kappa shape index (κ1) is 18.3. The maximum atomic E-state index is 12.4. The van der Waals surface area contributed by atoms with Gasteiger partial charge in [-0.1, -0.05) is 26.0 Å². The van der Waals surface area contributed by atoms with Gasteiger partial charge in [0.1, 0.15) is 6.04 Å². The van der Waals surface area contributed by atoms with Gasteiger partial charge in [-0.15, -0.1) is 5.10 Å². The van der Waals surface area contributed by atoms with E-state index < -0.39 is 0 Å². The Morgan fingerprint density at radius 3 is 2.88 bits per heavy atom. The topological polar surface area (TPSA) is 73.5 Å². The van der Waals surface area contributed by atoms with E-state index in [0.717, 1.165) is 38.2 Å². The Morgan fingerprint density at radius 2 is 2.28 bits per heavy atom. The molecule has 0 aromatic carbocycles. The molecule has 0 spiro atoms. The zero-order valence-corrected chi connectivity index (χ0v) is 15.9. The fourth-order valence-electron chi connectivity index (χ4n) is 4.18. The summed E-state index contributed by atoms with van der Waals surface area (Å²) in [4.78, 5) is 14.0. The van der Waals surface area contributed by atoms with Gasteiger partial charge in [-0.05, 0) is 5.92 Å². The number of piperidine rings is 3. The fraction of sp³-hybridized carbons (Fsp3) is 0.833. The van der Waals surface area contributed by atoms with E-state index in [4.69, 9.17) is 4.74 Å². The molecule has 3 aliphatic heterocycles. The van der Waals surface area contributed by atoms with Crippen molar-refractivity contribution in [2.75, 3.05) is 33.4 Å². The van der Waals surface area contributed by atoms with Crippen LogP contribution in [0, 0.1) is 11.8 Å². The zero-order chi connectivity index (χ0) is 18.0. The summed E-state index contributed by atoms with van der Waals surface area (Å²) < 4.78 is 7.01. The monoisotopic (exact) mass is 350 g/mol. The predicted octanol–water partition coefficient (Wildman–Crippen LogP) is -0.368. The van der Waals surface area contributed by atoms with Crippen molar-refractivity contribution in [3.63, 3.8) is 0 Å². The second-order valence-electron chi connectivity index (χ2n) is 8.56. The Labute approximate surface area is 150 Å². The minimum absolute atomic E-state index is 0.0301. The largest absolute Gasteiger partial charge is 0.383 e. The van der Waals surface area contributed by atoms with Crippen LogP contribution in [0.1, 0.15) is 39.3 Å². The Morgan fingerprint density at radius 1 is 1.48 bits per heavy atom. The number of amides is 1. The second kappa shape index (κ2) is 7.41. The van der Waals surface area contributed by atoms with Crippen LogP contribution in [0.15, 0.2) is 6.20 Å². The number of carbonyl (C=O) groups is 1. The van der Waals surface area contributed by atoms with Crippen molar-refractivity contribution in [2.24, 2.45) is 11.8 Å². The van der Waals surface area contributed by atoms with Crippen molar-refractivity contribution in [1.29, 1.82) is 0 Å². The van der Waals surface area contributed by atoms with Crippen LogP contribution in [0.25, 0.3) is 0 Å². The average Bonchev–Trinajstić information content (AvgIpc) is 3.04. The molecule has 1 amide bonds. The lowest BCUT2D eigenvalue weighted by atomic mass is 9.75. The van der Waals surface area contributed by atoms with E-state index in [-0.39, 0.29) is 17.2 Å². The van der Waals surface area contributed by atoms with Gasteiger partial charge in [0, 0.05) is 38.1 Å². The molecule has 0 aliphatic carbocycles. The van der Waals surface area contributed by atoms with Crippen LogP contribution in [0.5, 0.6) is 0 Å². The first-order valence-electron chi connectivity index (χ1n) is 9.40. The van der Waals surface area contributed by atoms with Gasteiger partial charge in [-0.2, -0.15) is 0 Å². The summed E-state index contributed by atoms with van der Waals surface area (Å²) in [7, 11) is 1.66. The number of fused-ring (bicyclic) bond motifs is 3. The normalized spacial score (nSPS) is 29.0. The molecule has 3 fully saturated rings. The Bertz CT molecular complexity index is 595. The van der Waals surface area contributed by atoms with E-state index in [0.29, 0.717) is 25.1 Å². The van der Waals surface area contributed by atoms with Crippen molar-refractivity contribution < 1.29 is 14.4 Å². The van der Waals surface area contributed by atoms with Gasteiger partial charge in [0.05, 0.1) is 37.9 Å². The number of methoxy groups -OCH3 is 1. The zero-order valence-electron chi connectivity index (χ0n) is 15.9. The first-order valence-corrected chi connectivity index (χ1v) is 9.40. The Kier molecular flexibility index (Phi) is 5.43. The summed E-state index contributed by atoms with van der Waals surface area (Å²) >= 11 is 0. The number of aromatic nitrogens is 3. The van der Waals surface area contributed by atoms with Crippen LogP contribution in [0.4, 0.5) is 0 Å². The van der Waals surface area contributed by atoms with Crippen LogP contribution < -0.4 is 10.2 Å². The van der Waals surface area contributed by atoms with Crippen LogP contribution in [0.2, 0.25) is 0 Å². The number of ether oxygens (including phenoxy) is 1. The number of hydrogen-bond donors (Lipinski definition) is 2. The van der Waals surface area contributed by atoms with E-state index in [2.05, 4.69) is 42.6 Å². The molecule has 3 saturated heterocycles. The van der Waals surface area contributed by atoms with Crippen molar-refractivity contribution in [2.45, 2.75) is 51.6 Å². The third kappa shape index (κ3) is 4.20. The van der Waals surface area contributed by atoms with E-state index >= 15 is 0 Å². The van der Waals surface area contributed by atoms with E-state index in [1.807, 2.05) is 4.68 Å². The minimum Gasteiger partial charge on any atom is -0.383 e. The molecular formula is C18H32N5O2+. The van der Waals surface area contributed by atoms with E-state index in [1.54, 1.807) is 12.0 Å². The minimum atomic E-state index is 0.0301. The first-order chi connectivity index (χ1) is 11.9. The highest BCUT2D eigenvalue weighted by Crippen LogP contribution is 2.28. The highest BCUT2D eigenvalue weighted by atomic mass is 16.5. The van der Waals surface area contributed by atoms with Crippen LogP contribution in [0.3, 0.4) is 0 Å². The number of hydrogen-bond acceptors (Lipinski definition) is 4. The molecule has 1 aromatic rings. The molecule has 3 aliphatic rings. The standard InChI is InChI=1S/C18H31N5O2/c1-18(2,3)16-12-23(21-20-16)10-14-9-13-5-7-22(14)11-15(13)17(24)19-6-8-25-4/h12-15H,5-11H2,1-4H3,(H,19,24)/p+1/t13-,14-,15+/m1/s1. The van der Waals surface area contributed by atoms with Gasteiger partial charge in [-0.25, -0.2) is 4.68 Å². The molecule has 2 N–H and O–H groups in total. The average molecular weight is 350 g/mol. The van der Waals surface area contributed by atoms with Crippen molar-refractivity contribution in [1.82, 2.24) is 20.3 Å². The fourth-order valence-corrected chi connectivity index (χ4v) is 4.18. The molecule has 7 nitrogen and oxygen atoms in total. The van der Waals surface area contributed by atoms with Crippen molar-refractivity contribution >= 4 is 5.91 Å². The molecule has 140 valence electrons. The highest BCUT2D eigenvalue weighted by molar-refractivity contribution is 5.79. The summed E-state index contributed by atoms with van der Waals surface area (Å²) in [5, 5.41) is 11.7. The second-order valence-corrected chi connectivity index (χ2v) is 8.56. The summed E-state index contributed by atoms with van der Waals surface area (Å²) in [5.74, 6) is 0.849. The van der Waals surface area contributed by atoms with E-state index in [1.165, 1.54) is 0 Å². The maximum absolute atomic E-state index is 12.4. The summed E-state index contributed by atoms with van der Waals surface area (Å²) in [6.07, 6.45) is 4.33. The third-order valence-corrected chi connectivity index (χ3v) is 5.71. The van der Waals surface area contributed by atoms with Crippen molar-refractivity contribution in [3.8, 4) is 0 Å². The molecule has 7 heteroatoms. The number of nitrogens with one attached hydrogen (secondary N) is 2. The predicted molar refractivity (Wildman–Crippen MR) is 94.3 cm³/mol. The van der Waals surface area contributed by atoms with Gasteiger partial charge >= 0.3 is 0 Å². The summed E-state index contributed by atoms with van der Waals surface area (Å²) in [6, 6.07) is 0.538. The van der Waals surface area contributed by atoms with Gasteiger partial charge in [0.15, 0.2) is 0 Å². The lowest BCUT2D eigenvalue weighted by molar-refractivity contribution is -0.945. The molecule has 4 heterocycles. The van der Waals surface area contributed by atoms with Crippen LogP contribution in [-0.2, 0) is 21.5 Å². The molecule has 1 aromatic heterocycles. The molecule has 1 unspecified atom stereocenters. The summed E-state index contributed by atoms with van der Waals surface area (Å²) in [5.41, 5.74) is 1.07. The van der Waals surface area contributed by atoms with Crippen LogP contribution in [-0.4, -0.2) is 60.3 Å². The number of quaternary nitrogens is 1. The SMILES string of the molecule is COCCNC(=O)[C@H]1C[NH+]2CC[C@@H]1C[C@@H]2Cn1cc(C(C)(C)C)nn1. The Hall–Kier alpha value is -1.47. The molecule has 2 bridgehead atoms. The molecule has 25 heavy (non-hydrogen) atoms. The number of nitrogens with zero attached hydrogens (tertiary/aromatic N) is 3. The number of rotatable bonds is 6. The summed E-state index contributed by atoms with van der Waals surface area (Å²) in [6.45, 7) is 10.7. The van der Waals surface area contributed by atoms with Gasteiger partial charge in [0.2, 0.25) is 5.91 Å². The molecule has 0 saturated carbocycles. The maximum Gasteiger partial charge on any atom is 0.229 e. The molecule has 4 atom stereocenters. The Balaban J connectivity index is 1.57. The van der Waals surface area contributed by atoms with E-state index in [9.17, 15) is 4.79 Å². The molecular weight excluding hydrogens is 318 g/mol. The van der Waals surface area contributed by atoms with Gasteiger partial charge < -0.3 is 15.0 Å². The lowest BCUT2D eigenvalue weighted by Crippen LogP contribution is -3.20. The number of carbonyl (C=O) groups excluding carboxylic acids is 1. The molecule has 0 radical (unpaired) electrons. The quantitative estimate of drug-likeness (QED) is 0.687. The third-order valence-electron chi connectivity index (χ3n) is 5.71. The highest BCUT2D eigenvalue weighted by Gasteiger charge is 2.46. The van der Waals surface area contributed by atoms with Gasteiger partial charge in [-0.3, -0.25) is 4.79 Å². The molecule has 4 rings (SSSR count). The van der Waals surface area contributed by atoms with Crippen molar-refractivity contribution in [3.05, 3.63) is 11.9 Å². The smallest absolute Gasteiger partial charge is 0.229 e. The lowest BCUT2D eigenvalue weighted by Gasteiger charge is -2.46. The van der Waals surface area contributed by atoms with Gasteiger partial charge in [0.25, 0.3) is 0 Å². The van der Waals surface area contributed by atoms with Crippen LogP contribution >= 0.6 is 0 Å².